The molecule has 2 fully saturated rings. The summed E-state index contributed by atoms with van der Waals surface area (Å²) in [6.07, 6.45) is 1.85. The number of likely N-dealkylation sites (tertiary alicyclic amines) is 1. The number of imidazole rings is 1. The molecule has 5 rings (SSSR count). The van der Waals surface area contributed by atoms with Gasteiger partial charge in [0, 0.05) is 41.8 Å². The average Bonchev–Trinajstić information content (AvgIpc) is 3.17. The molecule has 0 unspecified atom stereocenters. The van der Waals surface area contributed by atoms with Crippen LogP contribution in [-0.2, 0) is 11.3 Å². The van der Waals surface area contributed by atoms with E-state index in [1.165, 1.54) is 0 Å². The van der Waals surface area contributed by atoms with Crippen LogP contribution in [0.2, 0.25) is 0 Å². The van der Waals surface area contributed by atoms with E-state index < -0.39 is 0 Å². The summed E-state index contributed by atoms with van der Waals surface area (Å²) >= 11 is 3.61. The molecule has 6 nitrogen and oxygen atoms in total. The number of fused-ring (bicyclic) bond motifs is 1. The van der Waals surface area contributed by atoms with Crippen LogP contribution in [0.3, 0.4) is 0 Å². The first-order chi connectivity index (χ1) is 15.6. The monoisotopic (exact) mass is 495 g/mol. The molecule has 3 aromatic rings. The molecule has 1 aromatic heterocycles. The van der Waals surface area contributed by atoms with E-state index in [2.05, 4.69) is 78.9 Å². The van der Waals surface area contributed by atoms with E-state index in [4.69, 9.17) is 4.98 Å². The molecule has 2 aliphatic heterocycles. The summed E-state index contributed by atoms with van der Waals surface area (Å²) in [5, 5.41) is 3.42. The summed E-state index contributed by atoms with van der Waals surface area (Å²) in [6, 6.07) is 17.1. The fourth-order valence-corrected chi connectivity index (χ4v) is 5.40. The Morgan fingerprint density at radius 3 is 2.72 bits per heavy atom. The zero-order valence-electron chi connectivity index (χ0n) is 18.5. The number of nitrogens with zero attached hydrogens (tertiary/aromatic N) is 4. The molecule has 0 aliphatic carbocycles. The van der Waals surface area contributed by atoms with Gasteiger partial charge in [0.05, 0.1) is 17.6 Å². The molecular formula is C25H30BrN5O. The van der Waals surface area contributed by atoms with Gasteiger partial charge in [-0.3, -0.25) is 14.3 Å². The Balaban J connectivity index is 1.31. The lowest BCUT2D eigenvalue weighted by Gasteiger charge is -2.37. The standard InChI is InChI=1S/C25H30BrN5O/c1-18-16-30(14-11-27-18)25(32)19-9-12-29(13-10-19)17-24-28-22-7-2-3-8-23(22)31(24)21-6-4-5-20(26)15-21/h2-8,15,18-19,27H,9-14,16-17H2,1H3/t18-/m0/s1. The van der Waals surface area contributed by atoms with Crippen LogP contribution >= 0.6 is 15.9 Å². The number of halogens is 1. The first kappa shape index (κ1) is 21.6. The minimum absolute atomic E-state index is 0.153. The number of rotatable bonds is 4. The largest absolute Gasteiger partial charge is 0.340 e. The van der Waals surface area contributed by atoms with Gasteiger partial charge in [0.25, 0.3) is 0 Å². The quantitative estimate of drug-likeness (QED) is 0.597. The fraction of sp³-hybridized carbons (Fsp3) is 0.440. The third-order valence-electron chi connectivity index (χ3n) is 6.68. The highest BCUT2D eigenvalue weighted by Crippen LogP contribution is 2.26. The van der Waals surface area contributed by atoms with Gasteiger partial charge in [-0.1, -0.05) is 34.1 Å². The Hall–Kier alpha value is -2.22. The maximum atomic E-state index is 13.0. The normalized spacial score (nSPS) is 20.7. The maximum Gasteiger partial charge on any atom is 0.225 e. The van der Waals surface area contributed by atoms with E-state index in [0.29, 0.717) is 11.9 Å². The summed E-state index contributed by atoms with van der Waals surface area (Å²) in [5.41, 5.74) is 3.25. The Labute approximate surface area is 197 Å². The van der Waals surface area contributed by atoms with E-state index >= 15 is 0 Å². The highest BCUT2D eigenvalue weighted by atomic mass is 79.9. The van der Waals surface area contributed by atoms with Crippen molar-refractivity contribution in [1.82, 2.24) is 24.7 Å². The molecule has 2 aliphatic rings. The molecule has 7 heteroatoms. The van der Waals surface area contributed by atoms with Crippen LogP contribution in [0.5, 0.6) is 0 Å². The number of hydrogen-bond donors (Lipinski definition) is 1. The third-order valence-corrected chi connectivity index (χ3v) is 7.17. The molecule has 1 amide bonds. The Morgan fingerprint density at radius 1 is 1.12 bits per heavy atom. The van der Waals surface area contributed by atoms with Crippen molar-refractivity contribution in [2.24, 2.45) is 5.92 Å². The summed E-state index contributed by atoms with van der Waals surface area (Å²) in [4.78, 5) is 22.5. The highest BCUT2D eigenvalue weighted by molar-refractivity contribution is 9.10. The van der Waals surface area contributed by atoms with E-state index in [1.807, 2.05) is 12.1 Å². The summed E-state index contributed by atoms with van der Waals surface area (Å²) < 4.78 is 3.32. The Bertz CT molecular complexity index is 1100. The smallest absolute Gasteiger partial charge is 0.225 e. The van der Waals surface area contributed by atoms with Gasteiger partial charge in [0.1, 0.15) is 5.82 Å². The van der Waals surface area contributed by atoms with Gasteiger partial charge in [-0.05, 0) is 63.2 Å². The number of piperidine rings is 1. The summed E-state index contributed by atoms with van der Waals surface area (Å²) in [5.74, 6) is 1.55. The van der Waals surface area contributed by atoms with Crippen molar-refractivity contribution in [3.63, 3.8) is 0 Å². The van der Waals surface area contributed by atoms with Crippen LogP contribution in [0.15, 0.2) is 53.0 Å². The van der Waals surface area contributed by atoms with Crippen LogP contribution in [0.25, 0.3) is 16.7 Å². The second-order valence-corrected chi connectivity index (χ2v) is 9.94. The predicted molar refractivity (Wildman–Crippen MR) is 131 cm³/mol. The number of piperazine rings is 1. The average molecular weight is 496 g/mol. The molecule has 32 heavy (non-hydrogen) atoms. The van der Waals surface area contributed by atoms with E-state index in [0.717, 1.165) is 79.1 Å². The van der Waals surface area contributed by atoms with Crippen molar-refractivity contribution in [2.75, 3.05) is 32.7 Å². The molecule has 168 valence electrons. The van der Waals surface area contributed by atoms with Gasteiger partial charge in [-0.15, -0.1) is 0 Å². The molecule has 3 heterocycles. The Morgan fingerprint density at radius 2 is 1.94 bits per heavy atom. The highest BCUT2D eigenvalue weighted by Gasteiger charge is 2.31. The van der Waals surface area contributed by atoms with Crippen molar-refractivity contribution < 1.29 is 4.79 Å². The molecule has 2 saturated heterocycles. The minimum Gasteiger partial charge on any atom is -0.340 e. The van der Waals surface area contributed by atoms with Crippen LogP contribution in [0, 0.1) is 5.92 Å². The van der Waals surface area contributed by atoms with Crippen LogP contribution < -0.4 is 5.32 Å². The van der Waals surface area contributed by atoms with E-state index in [1.54, 1.807) is 0 Å². The second kappa shape index (κ2) is 9.33. The number of amides is 1. The van der Waals surface area contributed by atoms with Gasteiger partial charge in [-0.25, -0.2) is 4.98 Å². The van der Waals surface area contributed by atoms with Crippen LogP contribution in [0.4, 0.5) is 0 Å². The number of hydrogen-bond acceptors (Lipinski definition) is 4. The van der Waals surface area contributed by atoms with Crippen LogP contribution in [-0.4, -0.2) is 64.0 Å². The molecule has 0 bridgehead atoms. The zero-order valence-corrected chi connectivity index (χ0v) is 20.1. The molecule has 0 spiro atoms. The van der Waals surface area contributed by atoms with E-state index in [-0.39, 0.29) is 5.92 Å². The van der Waals surface area contributed by atoms with Gasteiger partial charge >= 0.3 is 0 Å². The number of nitrogens with one attached hydrogen (secondary N) is 1. The van der Waals surface area contributed by atoms with Crippen LogP contribution in [0.1, 0.15) is 25.6 Å². The Kier molecular flexibility index (Phi) is 6.31. The second-order valence-electron chi connectivity index (χ2n) is 9.02. The number of para-hydroxylation sites is 2. The van der Waals surface area contributed by atoms with Crippen molar-refractivity contribution >= 4 is 32.9 Å². The minimum atomic E-state index is 0.153. The molecule has 0 saturated carbocycles. The molecule has 1 N–H and O–H groups in total. The lowest BCUT2D eigenvalue weighted by molar-refractivity contribution is -0.138. The number of aromatic nitrogens is 2. The van der Waals surface area contributed by atoms with Crippen molar-refractivity contribution in [2.45, 2.75) is 32.4 Å². The third kappa shape index (κ3) is 4.47. The fourth-order valence-electron chi connectivity index (χ4n) is 5.01. The maximum absolute atomic E-state index is 13.0. The number of carbonyl (C=O) groups excluding carboxylic acids is 1. The zero-order chi connectivity index (χ0) is 22.1. The first-order valence-electron chi connectivity index (χ1n) is 11.6. The van der Waals surface area contributed by atoms with Crippen molar-refractivity contribution in [1.29, 1.82) is 0 Å². The van der Waals surface area contributed by atoms with Crippen molar-refractivity contribution in [3.8, 4) is 5.69 Å². The molecule has 0 radical (unpaired) electrons. The van der Waals surface area contributed by atoms with Gasteiger partial charge in [0.2, 0.25) is 5.91 Å². The van der Waals surface area contributed by atoms with E-state index in [9.17, 15) is 4.79 Å². The SMILES string of the molecule is C[C@H]1CN(C(=O)C2CCN(Cc3nc4ccccc4n3-c3cccc(Br)c3)CC2)CCN1. The topological polar surface area (TPSA) is 53.4 Å². The lowest BCUT2D eigenvalue weighted by atomic mass is 9.94. The summed E-state index contributed by atoms with van der Waals surface area (Å²) in [7, 11) is 0. The predicted octanol–water partition coefficient (Wildman–Crippen LogP) is 3.82. The van der Waals surface area contributed by atoms with Crippen molar-refractivity contribution in [3.05, 3.63) is 58.8 Å². The van der Waals surface area contributed by atoms with Gasteiger partial charge < -0.3 is 10.2 Å². The van der Waals surface area contributed by atoms with Gasteiger partial charge in [-0.2, -0.15) is 0 Å². The molecule has 2 aromatic carbocycles. The number of carbonyl (C=O) groups is 1. The first-order valence-corrected chi connectivity index (χ1v) is 12.3. The molecular weight excluding hydrogens is 466 g/mol. The van der Waals surface area contributed by atoms with Gasteiger partial charge in [0.15, 0.2) is 0 Å². The number of benzene rings is 2. The molecule has 1 atom stereocenters. The lowest BCUT2D eigenvalue weighted by Crippen LogP contribution is -2.53. The summed E-state index contributed by atoms with van der Waals surface area (Å²) in [6.45, 7) is 7.36.